The number of aryl methyl sites for hydroxylation is 1. The van der Waals surface area contributed by atoms with E-state index < -0.39 is 0 Å². The Balaban J connectivity index is 1.56. The molecule has 1 N–H and O–H groups in total. The maximum atomic E-state index is 13.2. The fourth-order valence-electron chi connectivity index (χ4n) is 3.74. The Morgan fingerprint density at radius 1 is 0.963 bits per heavy atom. The third kappa shape index (κ3) is 2.83. The molecule has 0 saturated heterocycles. The van der Waals surface area contributed by atoms with Crippen molar-refractivity contribution in [3.05, 3.63) is 71.9 Å². The van der Waals surface area contributed by atoms with Crippen LogP contribution in [-0.2, 0) is 12.8 Å². The number of fused-ring (bicyclic) bond motifs is 2. The van der Waals surface area contributed by atoms with E-state index in [1.54, 1.807) is 23.0 Å². The molecule has 0 amide bonds. The minimum atomic E-state index is -0.277. The first-order valence-electron chi connectivity index (χ1n) is 9.12. The summed E-state index contributed by atoms with van der Waals surface area (Å²) in [6.45, 7) is 0. The summed E-state index contributed by atoms with van der Waals surface area (Å²) in [5.41, 5.74) is 5.33. The van der Waals surface area contributed by atoms with Crippen LogP contribution in [0.25, 0.3) is 16.7 Å². The van der Waals surface area contributed by atoms with Crippen molar-refractivity contribution in [3.63, 3.8) is 0 Å². The largest absolute Gasteiger partial charge is 0.339 e. The Labute approximate surface area is 155 Å². The van der Waals surface area contributed by atoms with E-state index in [9.17, 15) is 4.39 Å². The minimum Gasteiger partial charge on any atom is -0.339 e. The number of halogens is 1. The van der Waals surface area contributed by atoms with E-state index >= 15 is 0 Å². The lowest BCUT2D eigenvalue weighted by Gasteiger charge is -2.20. The van der Waals surface area contributed by atoms with Gasteiger partial charge in [0.05, 0.1) is 17.3 Å². The summed E-state index contributed by atoms with van der Waals surface area (Å²) < 4.78 is 14.9. The molecule has 6 heteroatoms. The number of nitrogens with one attached hydrogen (secondary N) is 1. The zero-order chi connectivity index (χ0) is 18.2. The summed E-state index contributed by atoms with van der Waals surface area (Å²) in [7, 11) is 0. The highest BCUT2D eigenvalue weighted by atomic mass is 19.1. The third-order valence-corrected chi connectivity index (χ3v) is 5.09. The molecule has 0 spiro atoms. The molecule has 2 aromatic heterocycles. The van der Waals surface area contributed by atoms with Crippen LogP contribution in [0.2, 0.25) is 0 Å². The van der Waals surface area contributed by atoms with Gasteiger partial charge in [-0.2, -0.15) is 5.10 Å². The lowest BCUT2D eigenvalue weighted by molar-refractivity contribution is 0.627. The van der Waals surface area contributed by atoms with E-state index in [2.05, 4.69) is 38.6 Å². The number of aromatic nitrogens is 4. The number of hydrogen-bond donors (Lipinski definition) is 1. The molecule has 0 atom stereocenters. The second-order valence-electron chi connectivity index (χ2n) is 6.77. The average molecular weight is 359 g/mol. The average Bonchev–Trinajstić information content (AvgIpc) is 3.14. The highest BCUT2D eigenvalue weighted by molar-refractivity contribution is 5.89. The minimum absolute atomic E-state index is 0.277. The molecule has 134 valence electrons. The van der Waals surface area contributed by atoms with Crippen LogP contribution in [0.1, 0.15) is 24.0 Å². The normalized spacial score (nSPS) is 13.5. The Bertz CT molecular complexity index is 1120. The summed E-state index contributed by atoms with van der Waals surface area (Å²) in [6, 6.07) is 12.6. The molecule has 2 aromatic carbocycles. The van der Waals surface area contributed by atoms with E-state index in [1.165, 1.54) is 42.4 Å². The van der Waals surface area contributed by atoms with E-state index in [4.69, 9.17) is 0 Å². The van der Waals surface area contributed by atoms with E-state index in [0.29, 0.717) is 5.65 Å². The topological polar surface area (TPSA) is 55.6 Å². The van der Waals surface area contributed by atoms with Gasteiger partial charge < -0.3 is 5.32 Å². The van der Waals surface area contributed by atoms with Gasteiger partial charge in [0.1, 0.15) is 18.0 Å². The maximum absolute atomic E-state index is 13.2. The van der Waals surface area contributed by atoms with Gasteiger partial charge in [0.2, 0.25) is 0 Å². The zero-order valence-corrected chi connectivity index (χ0v) is 14.7. The smallest absolute Gasteiger partial charge is 0.168 e. The van der Waals surface area contributed by atoms with E-state index in [-0.39, 0.29) is 5.82 Å². The van der Waals surface area contributed by atoms with Crippen molar-refractivity contribution in [2.45, 2.75) is 25.7 Å². The lowest BCUT2D eigenvalue weighted by Crippen LogP contribution is -2.07. The van der Waals surface area contributed by atoms with Crippen LogP contribution < -0.4 is 5.32 Å². The van der Waals surface area contributed by atoms with Crippen LogP contribution in [0.5, 0.6) is 0 Å². The van der Waals surface area contributed by atoms with E-state index in [1.807, 2.05) is 0 Å². The third-order valence-electron chi connectivity index (χ3n) is 5.09. The van der Waals surface area contributed by atoms with Crippen molar-refractivity contribution < 1.29 is 4.39 Å². The quantitative estimate of drug-likeness (QED) is 0.582. The first-order chi connectivity index (χ1) is 13.3. The summed E-state index contributed by atoms with van der Waals surface area (Å²) in [5, 5.41) is 8.75. The Morgan fingerprint density at radius 3 is 2.70 bits per heavy atom. The Hall–Kier alpha value is -3.28. The molecule has 0 aliphatic heterocycles. The highest BCUT2D eigenvalue weighted by Crippen LogP contribution is 2.31. The molecule has 4 aromatic rings. The van der Waals surface area contributed by atoms with Crippen molar-refractivity contribution in [3.8, 4) is 5.69 Å². The number of nitrogens with zero attached hydrogens (tertiary/aromatic N) is 4. The molecule has 5 rings (SSSR count). The highest BCUT2D eigenvalue weighted by Gasteiger charge is 2.16. The van der Waals surface area contributed by atoms with Gasteiger partial charge in [-0.3, -0.25) is 0 Å². The monoisotopic (exact) mass is 359 g/mol. The summed E-state index contributed by atoms with van der Waals surface area (Å²) in [6.07, 6.45) is 7.96. The Kier molecular flexibility index (Phi) is 3.81. The molecule has 0 fully saturated rings. The maximum Gasteiger partial charge on any atom is 0.168 e. The molecule has 27 heavy (non-hydrogen) atoms. The molecule has 5 nitrogen and oxygen atoms in total. The predicted molar refractivity (Wildman–Crippen MR) is 103 cm³/mol. The molecule has 1 aliphatic rings. The lowest BCUT2D eigenvalue weighted by atomic mass is 9.90. The second kappa shape index (κ2) is 6.46. The standard InChI is InChI=1S/C21H18FN5/c22-15-8-10-16(11-9-15)27-21-18(12-25-27)20(23-13-24-21)26-19-7-3-5-14-4-1-2-6-17(14)19/h3,5,7-13H,1-2,4,6H2,(H,23,24,26). The number of rotatable bonds is 3. The number of hydrogen-bond acceptors (Lipinski definition) is 4. The molecular weight excluding hydrogens is 341 g/mol. The van der Waals surface area contributed by atoms with Gasteiger partial charge >= 0.3 is 0 Å². The van der Waals surface area contributed by atoms with Crippen LogP contribution in [-0.4, -0.2) is 19.7 Å². The van der Waals surface area contributed by atoms with Crippen molar-refractivity contribution in [1.29, 1.82) is 0 Å². The second-order valence-corrected chi connectivity index (χ2v) is 6.77. The molecule has 0 unspecified atom stereocenters. The number of benzene rings is 2. The first-order valence-corrected chi connectivity index (χ1v) is 9.12. The zero-order valence-electron chi connectivity index (χ0n) is 14.7. The van der Waals surface area contributed by atoms with E-state index in [0.717, 1.165) is 35.4 Å². The van der Waals surface area contributed by atoms with Crippen LogP contribution in [0.3, 0.4) is 0 Å². The first kappa shape index (κ1) is 15.9. The van der Waals surface area contributed by atoms with Crippen LogP contribution in [0, 0.1) is 5.82 Å². The molecule has 2 heterocycles. The SMILES string of the molecule is Fc1ccc(-n2ncc3c(Nc4cccc5c4CCCC5)ncnc32)cc1. The van der Waals surface area contributed by atoms with Crippen LogP contribution >= 0.6 is 0 Å². The summed E-state index contributed by atoms with van der Waals surface area (Å²) >= 11 is 0. The summed E-state index contributed by atoms with van der Waals surface area (Å²) in [5.74, 6) is 0.452. The van der Waals surface area contributed by atoms with Crippen LogP contribution in [0.4, 0.5) is 15.9 Å². The van der Waals surface area contributed by atoms with Crippen molar-refractivity contribution >= 4 is 22.5 Å². The van der Waals surface area contributed by atoms with Gasteiger partial charge in [0, 0.05) is 5.69 Å². The predicted octanol–water partition coefficient (Wildman–Crippen LogP) is 4.58. The number of anilines is 2. The molecule has 1 aliphatic carbocycles. The summed E-state index contributed by atoms with van der Waals surface area (Å²) in [4.78, 5) is 8.82. The molecule has 0 radical (unpaired) electrons. The molecule has 0 saturated carbocycles. The van der Waals surface area contributed by atoms with Gasteiger partial charge in [0.15, 0.2) is 5.65 Å². The van der Waals surface area contributed by atoms with Gasteiger partial charge in [-0.1, -0.05) is 12.1 Å². The van der Waals surface area contributed by atoms with Crippen molar-refractivity contribution in [2.24, 2.45) is 0 Å². The van der Waals surface area contributed by atoms with Gasteiger partial charge in [-0.15, -0.1) is 0 Å². The van der Waals surface area contributed by atoms with Crippen molar-refractivity contribution in [1.82, 2.24) is 19.7 Å². The molecular formula is C21H18FN5. The fourth-order valence-corrected chi connectivity index (χ4v) is 3.74. The fraction of sp³-hybridized carbons (Fsp3) is 0.190. The van der Waals surface area contributed by atoms with Crippen molar-refractivity contribution in [2.75, 3.05) is 5.32 Å². The van der Waals surface area contributed by atoms with Gasteiger partial charge in [0.25, 0.3) is 0 Å². The van der Waals surface area contributed by atoms with Gasteiger partial charge in [-0.25, -0.2) is 19.0 Å². The Morgan fingerprint density at radius 2 is 1.81 bits per heavy atom. The van der Waals surface area contributed by atoms with Crippen LogP contribution in [0.15, 0.2) is 55.0 Å². The molecule has 0 bridgehead atoms. The van der Waals surface area contributed by atoms with Gasteiger partial charge in [-0.05, 0) is 67.1 Å².